The summed E-state index contributed by atoms with van der Waals surface area (Å²) in [6.07, 6.45) is 2.43. The zero-order chi connectivity index (χ0) is 17.1. The summed E-state index contributed by atoms with van der Waals surface area (Å²) in [4.78, 5) is 36.7. The average Bonchev–Trinajstić information content (AvgIpc) is 2.75. The van der Waals surface area contributed by atoms with Crippen molar-refractivity contribution in [3.63, 3.8) is 0 Å². The van der Waals surface area contributed by atoms with Crippen LogP contribution in [0.4, 0.5) is 0 Å². The van der Waals surface area contributed by atoms with Crippen molar-refractivity contribution in [1.29, 1.82) is 0 Å². The maximum atomic E-state index is 12.9. The largest absolute Gasteiger partial charge is 0.480 e. The molecule has 0 bridgehead atoms. The zero-order valence-electron chi connectivity index (χ0n) is 13.4. The molecule has 2 aliphatic rings. The monoisotopic (exact) mass is 331 g/mol. The number of hydrogen-bond donors (Lipinski definition) is 2. The van der Waals surface area contributed by atoms with Crippen LogP contribution in [0.15, 0.2) is 30.3 Å². The summed E-state index contributed by atoms with van der Waals surface area (Å²) in [5, 5.41) is 15.4. The normalized spacial score (nSPS) is 24.8. The molecule has 2 fully saturated rings. The minimum Gasteiger partial charge on any atom is -0.480 e. The number of hydrazine groups is 1. The highest BCUT2D eigenvalue weighted by atomic mass is 16.4. The van der Waals surface area contributed by atoms with Crippen molar-refractivity contribution >= 4 is 17.8 Å². The summed E-state index contributed by atoms with van der Waals surface area (Å²) in [5.41, 5.74) is 0.486. The maximum absolute atomic E-state index is 12.9. The van der Waals surface area contributed by atoms with Crippen molar-refractivity contribution in [2.75, 3.05) is 13.1 Å². The molecule has 2 amide bonds. The molecule has 2 aliphatic heterocycles. The zero-order valence-corrected chi connectivity index (χ0v) is 13.4. The van der Waals surface area contributed by atoms with Crippen LogP contribution in [0.2, 0.25) is 0 Å². The average molecular weight is 331 g/mol. The summed E-state index contributed by atoms with van der Waals surface area (Å²) >= 11 is 0. The van der Waals surface area contributed by atoms with E-state index in [-0.39, 0.29) is 11.8 Å². The fraction of sp³-hybridized carbons (Fsp3) is 0.471. The van der Waals surface area contributed by atoms with Crippen molar-refractivity contribution < 1.29 is 19.5 Å². The number of benzene rings is 1. The fourth-order valence-electron chi connectivity index (χ4n) is 3.36. The van der Waals surface area contributed by atoms with Crippen molar-refractivity contribution in [3.05, 3.63) is 35.9 Å². The molecule has 0 spiro atoms. The number of carboxylic acid groups (broad SMARTS) is 1. The maximum Gasteiger partial charge on any atom is 0.328 e. The first-order valence-corrected chi connectivity index (χ1v) is 8.24. The Labute approximate surface area is 140 Å². The molecule has 7 heteroatoms. The second kappa shape index (κ2) is 7.00. The van der Waals surface area contributed by atoms with Crippen LogP contribution >= 0.6 is 0 Å². The molecule has 128 valence electrons. The molecule has 7 nitrogen and oxygen atoms in total. The van der Waals surface area contributed by atoms with Gasteiger partial charge in [-0.3, -0.25) is 14.6 Å². The topological polar surface area (TPSA) is 89.9 Å². The van der Waals surface area contributed by atoms with Crippen LogP contribution in [0.25, 0.3) is 0 Å². The number of carboxylic acids is 1. The third-order valence-electron chi connectivity index (χ3n) is 4.55. The third-order valence-corrected chi connectivity index (χ3v) is 4.55. The van der Waals surface area contributed by atoms with Crippen molar-refractivity contribution in [3.8, 4) is 0 Å². The standard InChI is InChI=1S/C17H21N3O4/c21-15(12-6-2-1-3-7-12)18-13-8-4-10-19-11-5-9-14(17(23)24)20(19)16(13)22/h1-3,6-7,13-14H,4-5,8-11H2,(H,18,21)(H,23,24)/t13?,14-/m0/s1. The molecule has 0 aromatic heterocycles. The molecule has 1 unspecified atom stereocenters. The van der Waals surface area contributed by atoms with E-state index in [0.717, 1.165) is 12.8 Å². The highest BCUT2D eigenvalue weighted by molar-refractivity contribution is 5.98. The van der Waals surface area contributed by atoms with Crippen molar-refractivity contribution in [1.82, 2.24) is 15.3 Å². The highest BCUT2D eigenvalue weighted by Crippen LogP contribution is 2.24. The molecule has 2 atom stereocenters. The van der Waals surface area contributed by atoms with Gasteiger partial charge >= 0.3 is 5.97 Å². The van der Waals surface area contributed by atoms with Gasteiger partial charge in [0.25, 0.3) is 11.8 Å². The van der Waals surface area contributed by atoms with Gasteiger partial charge in [0.05, 0.1) is 0 Å². The first-order chi connectivity index (χ1) is 11.6. The Hall–Kier alpha value is -2.41. The number of amides is 2. The Morgan fingerprint density at radius 1 is 1.08 bits per heavy atom. The Bertz CT molecular complexity index is 634. The van der Waals surface area contributed by atoms with Gasteiger partial charge in [0, 0.05) is 18.7 Å². The molecule has 0 aliphatic carbocycles. The first-order valence-electron chi connectivity index (χ1n) is 8.24. The van der Waals surface area contributed by atoms with Gasteiger partial charge in [0.1, 0.15) is 12.1 Å². The molecule has 2 heterocycles. The van der Waals surface area contributed by atoms with Gasteiger partial charge < -0.3 is 10.4 Å². The molecule has 2 saturated heterocycles. The van der Waals surface area contributed by atoms with Crippen LogP contribution in [-0.4, -0.2) is 58.1 Å². The van der Waals surface area contributed by atoms with Crippen LogP contribution < -0.4 is 5.32 Å². The number of carbonyl (C=O) groups excluding carboxylic acids is 2. The van der Waals surface area contributed by atoms with Gasteiger partial charge in [-0.1, -0.05) is 18.2 Å². The predicted octanol–water partition coefficient (Wildman–Crippen LogP) is 0.871. The van der Waals surface area contributed by atoms with Gasteiger partial charge in [0.2, 0.25) is 0 Å². The number of nitrogens with one attached hydrogen (secondary N) is 1. The number of carbonyl (C=O) groups is 3. The lowest BCUT2D eigenvalue weighted by molar-refractivity contribution is -0.174. The van der Waals surface area contributed by atoms with E-state index in [0.29, 0.717) is 31.5 Å². The lowest BCUT2D eigenvalue weighted by Gasteiger charge is -2.42. The quantitative estimate of drug-likeness (QED) is 0.858. The molecule has 0 saturated carbocycles. The number of rotatable bonds is 3. The van der Waals surface area contributed by atoms with Gasteiger partial charge in [-0.25, -0.2) is 9.80 Å². The summed E-state index contributed by atoms with van der Waals surface area (Å²) < 4.78 is 0. The number of fused-ring (bicyclic) bond motifs is 1. The van der Waals surface area contributed by atoms with Gasteiger partial charge in [-0.2, -0.15) is 0 Å². The van der Waals surface area contributed by atoms with Gasteiger partial charge in [0.15, 0.2) is 0 Å². The Kier molecular flexibility index (Phi) is 4.80. The van der Waals surface area contributed by atoms with Crippen molar-refractivity contribution in [2.24, 2.45) is 0 Å². The molecular formula is C17H21N3O4. The van der Waals surface area contributed by atoms with Gasteiger partial charge in [-0.15, -0.1) is 0 Å². The second-order valence-corrected chi connectivity index (χ2v) is 6.17. The molecule has 3 rings (SSSR count). The van der Waals surface area contributed by atoms with E-state index in [1.54, 1.807) is 24.3 Å². The van der Waals surface area contributed by atoms with E-state index < -0.39 is 18.1 Å². The summed E-state index contributed by atoms with van der Waals surface area (Å²) in [6, 6.07) is 7.17. The lowest BCUT2D eigenvalue weighted by Crippen LogP contribution is -2.61. The van der Waals surface area contributed by atoms with E-state index >= 15 is 0 Å². The third kappa shape index (κ3) is 3.26. The van der Waals surface area contributed by atoms with Crippen LogP contribution in [0.5, 0.6) is 0 Å². The first kappa shape index (κ1) is 16.4. The van der Waals surface area contributed by atoms with E-state index in [4.69, 9.17) is 0 Å². The SMILES string of the molecule is O=C(NC1CCCN2CCC[C@@H](C(=O)O)N2C1=O)c1ccccc1. The smallest absolute Gasteiger partial charge is 0.328 e. The highest BCUT2D eigenvalue weighted by Gasteiger charge is 2.41. The summed E-state index contributed by atoms with van der Waals surface area (Å²) in [6.45, 7) is 1.31. The second-order valence-electron chi connectivity index (χ2n) is 6.17. The number of aliphatic carboxylic acids is 1. The van der Waals surface area contributed by atoms with E-state index in [2.05, 4.69) is 5.32 Å². The predicted molar refractivity (Wildman–Crippen MR) is 86.0 cm³/mol. The Morgan fingerprint density at radius 2 is 1.75 bits per heavy atom. The minimum atomic E-state index is -0.997. The summed E-state index contributed by atoms with van der Waals surface area (Å²) in [7, 11) is 0. The fourth-order valence-corrected chi connectivity index (χ4v) is 3.36. The van der Waals surface area contributed by atoms with Crippen molar-refractivity contribution in [2.45, 2.75) is 37.8 Å². The molecular weight excluding hydrogens is 310 g/mol. The minimum absolute atomic E-state index is 0.314. The van der Waals surface area contributed by atoms with E-state index in [9.17, 15) is 19.5 Å². The molecule has 1 aromatic rings. The lowest BCUT2D eigenvalue weighted by atomic mass is 10.1. The number of nitrogens with zero attached hydrogens (tertiary/aromatic N) is 2. The Morgan fingerprint density at radius 3 is 2.42 bits per heavy atom. The molecule has 2 N–H and O–H groups in total. The number of hydrogen-bond acceptors (Lipinski definition) is 4. The van der Waals surface area contributed by atoms with Crippen LogP contribution in [0.1, 0.15) is 36.0 Å². The van der Waals surface area contributed by atoms with E-state index in [1.165, 1.54) is 5.01 Å². The van der Waals surface area contributed by atoms with E-state index in [1.807, 2.05) is 11.1 Å². The molecule has 1 aromatic carbocycles. The summed E-state index contributed by atoms with van der Waals surface area (Å²) in [5.74, 6) is -1.64. The van der Waals surface area contributed by atoms with Gasteiger partial charge in [-0.05, 0) is 37.8 Å². The molecule has 24 heavy (non-hydrogen) atoms. The van der Waals surface area contributed by atoms with Crippen LogP contribution in [-0.2, 0) is 9.59 Å². The van der Waals surface area contributed by atoms with Crippen LogP contribution in [0, 0.1) is 0 Å². The van der Waals surface area contributed by atoms with Crippen LogP contribution in [0.3, 0.4) is 0 Å². The molecule has 0 radical (unpaired) electrons. The Balaban J connectivity index is 1.78.